The molecule has 0 saturated carbocycles. The molecule has 5 aromatic rings. The smallest absolute Gasteiger partial charge is 0.153 e. The molecular weight excluding hydrogens is 333 g/mol. The summed E-state index contributed by atoms with van der Waals surface area (Å²) in [5.74, 6) is -0.290. The van der Waals surface area contributed by atoms with E-state index in [9.17, 15) is 4.39 Å². The standard InChI is InChI=1S/C18H14FN7/c1-24-10-13(8-22-24)16-2-3-17-21-9-14(26(17)23-16)6-12-11-25-5-4-20-18(25)7-15(12)19/h2-5,7-11H,6H2,1H3. The van der Waals surface area contributed by atoms with Gasteiger partial charge in [-0.25, -0.2) is 18.9 Å². The van der Waals surface area contributed by atoms with Gasteiger partial charge < -0.3 is 4.40 Å². The number of fused-ring (bicyclic) bond motifs is 2. The largest absolute Gasteiger partial charge is 0.307 e. The molecule has 0 atom stereocenters. The second kappa shape index (κ2) is 5.48. The molecular formula is C18H14FN7. The predicted octanol–water partition coefficient (Wildman–Crippen LogP) is 2.51. The molecule has 0 radical (unpaired) electrons. The van der Waals surface area contributed by atoms with Crippen molar-refractivity contribution in [3.8, 4) is 11.3 Å². The Morgan fingerprint density at radius 2 is 2.00 bits per heavy atom. The van der Waals surface area contributed by atoms with E-state index >= 15 is 0 Å². The first kappa shape index (κ1) is 14.8. The van der Waals surface area contributed by atoms with E-state index in [-0.39, 0.29) is 5.82 Å². The molecule has 8 heteroatoms. The summed E-state index contributed by atoms with van der Waals surface area (Å²) in [6.45, 7) is 0. The number of hydrogen-bond donors (Lipinski definition) is 0. The third kappa shape index (κ3) is 2.34. The Labute approximate surface area is 147 Å². The highest BCUT2D eigenvalue weighted by atomic mass is 19.1. The van der Waals surface area contributed by atoms with E-state index in [1.54, 1.807) is 44.6 Å². The van der Waals surface area contributed by atoms with E-state index in [0.717, 1.165) is 22.6 Å². The zero-order chi connectivity index (χ0) is 17.7. The fraction of sp³-hybridized carbons (Fsp3) is 0.111. The lowest BCUT2D eigenvalue weighted by Gasteiger charge is -2.05. The minimum atomic E-state index is -0.290. The van der Waals surface area contributed by atoms with Gasteiger partial charge in [-0.05, 0) is 12.1 Å². The minimum absolute atomic E-state index is 0.290. The van der Waals surface area contributed by atoms with Gasteiger partial charge in [-0.1, -0.05) is 0 Å². The normalized spacial score (nSPS) is 11.6. The van der Waals surface area contributed by atoms with E-state index in [1.807, 2.05) is 25.4 Å². The highest BCUT2D eigenvalue weighted by molar-refractivity contribution is 5.58. The molecule has 0 saturated heterocycles. The van der Waals surface area contributed by atoms with Crippen molar-refractivity contribution in [2.24, 2.45) is 7.05 Å². The zero-order valence-electron chi connectivity index (χ0n) is 13.9. The summed E-state index contributed by atoms with van der Waals surface area (Å²) in [7, 11) is 1.86. The maximum Gasteiger partial charge on any atom is 0.153 e. The fourth-order valence-electron chi connectivity index (χ4n) is 3.06. The summed E-state index contributed by atoms with van der Waals surface area (Å²) < 4.78 is 19.7. The van der Waals surface area contributed by atoms with Crippen molar-refractivity contribution < 1.29 is 4.39 Å². The summed E-state index contributed by atoms with van der Waals surface area (Å²) in [5.41, 5.74) is 4.38. The van der Waals surface area contributed by atoms with Crippen molar-refractivity contribution in [3.05, 3.63) is 72.5 Å². The van der Waals surface area contributed by atoms with Gasteiger partial charge in [-0.3, -0.25) is 4.68 Å². The summed E-state index contributed by atoms with van der Waals surface area (Å²) >= 11 is 0. The van der Waals surface area contributed by atoms with Crippen molar-refractivity contribution in [3.63, 3.8) is 0 Å². The van der Waals surface area contributed by atoms with Crippen LogP contribution in [-0.2, 0) is 13.5 Å². The summed E-state index contributed by atoms with van der Waals surface area (Å²) in [6, 6.07) is 5.24. The van der Waals surface area contributed by atoms with E-state index in [0.29, 0.717) is 17.6 Å². The number of nitrogens with zero attached hydrogens (tertiary/aromatic N) is 7. The van der Waals surface area contributed by atoms with Gasteiger partial charge in [-0.15, -0.1) is 0 Å². The Bertz CT molecular complexity index is 1250. The highest BCUT2D eigenvalue weighted by Crippen LogP contribution is 2.19. The molecule has 7 nitrogen and oxygen atoms in total. The Balaban J connectivity index is 1.58. The van der Waals surface area contributed by atoms with Crippen LogP contribution in [0.1, 0.15) is 11.3 Å². The summed E-state index contributed by atoms with van der Waals surface area (Å²) in [6.07, 6.45) is 11.0. The lowest BCUT2D eigenvalue weighted by Crippen LogP contribution is -2.02. The monoisotopic (exact) mass is 347 g/mol. The number of hydrogen-bond acceptors (Lipinski definition) is 4. The molecule has 5 aromatic heterocycles. The van der Waals surface area contributed by atoms with Crippen molar-refractivity contribution in [2.45, 2.75) is 6.42 Å². The second-order valence-electron chi connectivity index (χ2n) is 6.16. The van der Waals surface area contributed by atoms with Gasteiger partial charge in [0.1, 0.15) is 11.5 Å². The quantitative estimate of drug-likeness (QED) is 0.503. The second-order valence-corrected chi connectivity index (χ2v) is 6.16. The molecule has 0 aliphatic heterocycles. The molecule has 128 valence electrons. The van der Waals surface area contributed by atoms with Crippen LogP contribution >= 0.6 is 0 Å². The van der Waals surface area contributed by atoms with Crippen LogP contribution in [0.15, 0.2) is 55.4 Å². The van der Waals surface area contributed by atoms with Crippen molar-refractivity contribution >= 4 is 11.3 Å². The molecule has 5 heterocycles. The number of rotatable bonds is 3. The van der Waals surface area contributed by atoms with Gasteiger partial charge in [0.05, 0.1) is 23.8 Å². The topological polar surface area (TPSA) is 65.3 Å². The molecule has 0 unspecified atom stereocenters. The Morgan fingerprint density at radius 3 is 2.85 bits per heavy atom. The number of aromatic nitrogens is 7. The zero-order valence-corrected chi connectivity index (χ0v) is 13.9. The van der Waals surface area contributed by atoms with Crippen molar-refractivity contribution in [2.75, 3.05) is 0 Å². The fourth-order valence-corrected chi connectivity index (χ4v) is 3.06. The van der Waals surface area contributed by atoms with E-state index in [2.05, 4.69) is 20.2 Å². The Morgan fingerprint density at radius 1 is 1.08 bits per heavy atom. The van der Waals surface area contributed by atoms with Gasteiger partial charge in [0.25, 0.3) is 0 Å². The number of imidazole rings is 2. The number of pyridine rings is 1. The van der Waals surface area contributed by atoms with E-state index < -0.39 is 0 Å². The average molecular weight is 347 g/mol. The molecule has 26 heavy (non-hydrogen) atoms. The lowest BCUT2D eigenvalue weighted by atomic mass is 10.1. The van der Waals surface area contributed by atoms with Gasteiger partial charge in [0, 0.05) is 55.4 Å². The maximum absolute atomic E-state index is 14.4. The Hall–Kier alpha value is -3.55. The lowest BCUT2D eigenvalue weighted by molar-refractivity contribution is 0.610. The van der Waals surface area contributed by atoms with E-state index in [1.165, 1.54) is 6.07 Å². The van der Waals surface area contributed by atoms with Gasteiger partial charge in [-0.2, -0.15) is 10.2 Å². The molecule has 0 aromatic carbocycles. The van der Waals surface area contributed by atoms with Gasteiger partial charge in [0.15, 0.2) is 5.65 Å². The average Bonchev–Trinajstić information content (AvgIpc) is 3.35. The van der Waals surface area contributed by atoms with Crippen molar-refractivity contribution in [1.29, 1.82) is 0 Å². The Kier molecular flexibility index (Phi) is 3.11. The molecule has 0 spiro atoms. The molecule has 0 fully saturated rings. The van der Waals surface area contributed by atoms with Crippen LogP contribution in [0.4, 0.5) is 4.39 Å². The first-order valence-corrected chi connectivity index (χ1v) is 8.11. The van der Waals surface area contributed by atoms with Crippen LogP contribution in [0.3, 0.4) is 0 Å². The number of aryl methyl sites for hydroxylation is 1. The van der Waals surface area contributed by atoms with Crippen LogP contribution in [0.5, 0.6) is 0 Å². The van der Waals surface area contributed by atoms with Gasteiger partial charge >= 0.3 is 0 Å². The van der Waals surface area contributed by atoms with Crippen molar-refractivity contribution in [1.82, 2.24) is 33.8 Å². The third-order valence-corrected chi connectivity index (χ3v) is 4.36. The molecule has 0 aliphatic carbocycles. The minimum Gasteiger partial charge on any atom is -0.307 e. The van der Waals surface area contributed by atoms with E-state index in [4.69, 9.17) is 0 Å². The third-order valence-electron chi connectivity index (χ3n) is 4.36. The van der Waals surface area contributed by atoms with Crippen LogP contribution in [0, 0.1) is 5.82 Å². The summed E-state index contributed by atoms with van der Waals surface area (Å²) in [4.78, 5) is 8.47. The van der Waals surface area contributed by atoms with Crippen LogP contribution in [-0.4, -0.2) is 33.8 Å². The predicted molar refractivity (Wildman–Crippen MR) is 93.1 cm³/mol. The van der Waals surface area contributed by atoms with Gasteiger partial charge in [0.2, 0.25) is 0 Å². The SMILES string of the molecule is Cn1cc(-c2ccc3ncc(Cc4cn5ccnc5cc4F)n3n2)cn1. The van der Waals surface area contributed by atoms with Crippen LogP contribution in [0.2, 0.25) is 0 Å². The molecule has 0 amide bonds. The maximum atomic E-state index is 14.4. The van der Waals surface area contributed by atoms with Crippen LogP contribution < -0.4 is 0 Å². The first-order valence-electron chi connectivity index (χ1n) is 8.11. The first-order chi connectivity index (χ1) is 12.7. The molecule has 0 aliphatic rings. The van der Waals surface area contributed by atoms with Crippen LogP contribution in [0.25, 0.3) is 22.6 Å². The molecule has 0 N–H and O–H groups in total. The number of halogens is 1. The molecule has 5 rings (SSSR count). The summed E-state index contributed by atoms with van der Waals surface area (Å²) in [5, 5.41) is 8.84. The highest BCUT2D eigenvalue weighted by Gasteiger charge is 2.12. The molecule has 0 bridgehead atoms.